The first-order chi connectivity index (χ1) is 13.5. The quantitative estimate of drug-likeness (QED) is 0.745. The maximum atomic E-state index is 6.08. The number of aryl methyl sites for hydroxylation is 1. The normalized spacial score (nSPS) is 15.0. The van der Waals surface area contributed by atoms with Crippen LogP contribution in [0.4, 0.5) is 0 Å². The van der Waals surface area contributed by atoms with E-state index >= 15 is 0 Å². The first-order valence-electron chi connectivity index (χ1n) is 9.98. The van der Waals surface area contributed by atoms with E-state index in [4.69, 9.17) is 14.2 Å². The Bertz CT molecular complexity index is 776. The van der Waals surface area contributed by atoms with Gasteiger partial charge in [-0.1, -0.05) is 0 Å². The fourth-order valence-corrected chi connectivity index (χ4v) is 3.06. The van der Waals surface area contributed by atoms with Crippen LogP contribution in [0.1, 0.15) is 43.6 Å². The Morgan fingerprint density at radius 2 is 1.86 bits per heavy atom. The zero-order valence-corrected chi connectivity index (χ0v) is 17.2. The molecule has 0 radical (unpaired) electrons. The second-order valence-electron chi connectivity index (χ2n) is 7.33. The summed E-state index contributed by atoms with van der Waals surface area (Å²) in [6.07, 6.45) is 4.62. The molecular formula is C21H30N4O3. The molecule has 0 amide bonds. The molecule has 2 aromatic heterocycles. The minimum absolute atomic E-state index is 0.179. The molecule has 1 N–H and O–H groups in total. The zero-order valence-electron chi connectivity index (χ0n) is 17.2. The van der Waals surface area contributed by atoms with Crippen LogP contribution in [-0.2, 0) is 11.2 Å². The predicted molar refractivity (Wildman–Crippen MR) is 107 cm³/mol. The van der Waals surface area contributed by atoms with Crippen molar-refractivity contribution in [3.05, 3.63) is 35.4 Å². The SMILES string of the molecule is Cc1nc(CCOC(C)C)ccc1Oc1ncnc(OC2CCNCC2)c1C. The van der Waals surface area contributed by atoms with Gasteiger partial charge in [0.1, 0.15) is 12.4 Å². The van der Waals surface area contributed by atoms with Gasteiger partial charge < -0.3 is 19.5 Å². The van der Waals surface area contributed by atoms with Crippen LogP contribution in [0.3, 0.4) is 0 Å². The number of hydrogen-bond acceptors (Lipinski definition) is 7. The number of nitrogens with one attached hydrogen (secondary N) is 1. The minimum atomic E-state index is 0.179. The molecule has 2 aromatic rings. The molecule has 0 saturated carbocycles. The van der Waals surface area contributed by atoms with E-state index in [0.29, 0.717) is 24.1 Å². The van der Waals surface area contributed by atoms with Gasteiger partial charge in [-0.15, -0.1) is 0 Å². The molecule has 0 bridgehead atoms. The zero-order chi connectivity index (χ0) is 19.9. The minimum Gasteiger partial charge on any atom is -0.474 e. The lowest BCUT2D eigenvalue weighted by molar-refractivity contribution is 0.0809. The predicted octanol–water partition coefficient (Wildman–Crippen LogP) is 3.38. The molecule has 1 saturated heterocycles. The Hall–Kier alpha value is -2.25. The summed E-state index contributed by atoms with van der Waals surface area (Å²) < 4.78 is 17.7. The largest absolute Gasteiger partial charge is 0.474 e. The lowest BCUT2D eigenvalue weighted by atomic mass is 10.1. The second kappa shape index (κ2) is 9.80. The number of nitrogens with zero attached hydrogens (tertiary/aromatic N) is 3. The molecule has 7 nitrogen and oxygen atoms in total. The van der Waals surface area contributed by atoms with Crippen LogP contribution in [0.25, 0.3) is 0 Å². The Balaban J connectivity index is 1.66. The van der Waals surface area contributed by atoms with Crippen molar-refractivity contribution in [2.45, 2.75) is 59.2 Å². The van der Waals surface area contributed by atoms with Crippen molar-refractivity contribution in [3.63, 3.8) is 0 Å². The van der Waals surface area contributed by atoms with Crippen LogP contribution in [0.5, 0.6) is 17.5 Å². The Kier molecular flexibility index (Phi) is 7.17. The van der Waals surface area contributed by atoms with Gasteiger partial charge in [-0.2, -0.15) is 0 Å². The fourth-order valence-electron chi connectivity index (χ4n) is 3.06. The van der Waals surface area contributed by atoms with E-state index in [2.05, 4.69) is 20.3 Å². The monoisotopic (exact) mass is 386 g/mol. The lowest BCUT2D eigenvalue weighted by Crippen LogP contribution is -2.34. The Labute approximate surface area is 166 Å². The first-order valence-corrected chi connectivity index (χ1v) is 9.98. The van der Waals surface area contributed by atoms with Crippen molar-refractivity contribution in [2.24, 2.45) is 0 Å². The number of ether oxygens (including phenoxy) is 3. The van der Waals surface area contributed by atoms with Crippen molar-refractivity contribution in [1.82, 2.24) is 20.3 Å². The van der Waals surface area contributed by atoms with Gasteiger partial charge in [-0.05, 0) is 65.8 Å². The van der Waals surface area contributed by atoms with E-state index in [-0.39, 0.29) is 12.2 Å². The van der Waals surface area contributed by atoms with Gasteiger partial charge in [0.05, 0.1) is 24.0 Å². The van der Waals surface area contributed by atoms with Gasteiger partial charge in [-0.3, -0.25) is 4.98 Å². The Morgan fingerprint density at radius 3 is 2.57 bits per heavy atom. The van der Waals surface area contributed by atoms with E-state index < -0.39 is 0 Å². The number of rotatable bonds is 8. The number of hydrogen-bond donors (Lipinski definition) is 1. The third-order valence-electron chi connectivity index (χ3n) is 4.67. The third kappa shape index (κ3) is 5.62. The van der Waals surface area contributed by atoms with Crippen molar-refractivity contribution < 1.29 is 14.2 Å². The fraction of sp³-hybridized carbons (Fsp3) is 0.571. The van der Waals surface area contributed by atoms with Gasteiger partial charge in [-0.25, -0.2) is 9.97 Å². The molecule has 152 valence electrons. The van der Waals surface area contributed by atoms with Gasteiger partial charge in [0.25, 0.3) is 0 Å². The smallest absolute Gasteiger partial charge is 0.229 e. The van der Waals surface area contributed by atoms with Crippen LogP contribution >= 0.6 is 0 Å². The molecular weight excluding hydrogens is 356 g/mol. The number of pyridine rings is 1. The summed E-state index contributed by atoms with van der Waals surface area (Å²) in [6.45, 7) is 10.5. The van der Waals surface area contributed by atoms with Crippen molar-refractivity contribution in [1.29, 1.82) is 0 Å². The van der Waals surface area contributed by atoms with E-state index in [9.17, 15) is 0 Å². The molecule has 3 heterocycles. The van der Waals surface area contributed by atoms with E-state index in [1.165, 1.54) is 6.33 Å². The van der Waals surface area contributed by atoms with E-state index in [0.717, 1.165) is 49.3 Å². The van der Waals surface area contributed by atoms with Crippen LogP contribution in [0, 0.1) is 13.8 Å². The van der Waals surface area contributed by atoms with E-state index in [1.54, 1.807) is 0 Å². The summed E-state index contributed by atoms with van der Waals surface area (Å²) in [5, 5.41) is 3.34. The van der Waals surface area contributed by atoms with Gasteiger partial charge in [0.15, 0.2) is 5.75 Å². The molecule has 7 heteroatoms. The molecule has 1 aliphatic heterocycles. The highest BCUT2D eigenvalue weighted by atomic mass is 16.5. The summed E-state index contributed by atoms with van der Waals surface area (Å²) in [5.41, 5.74) is 2.61. The van der Waals surface area contributed by atoms with Crippen LogP contribution in [0.15, 0.2) is 18.5 Å². The molecule has 0 aromatic carbocycles. The Morgan fingerprint density at radius 1 is 1.11 bits per heavy atom. The third-order valence-corrected chi connectivity index (χ3v) is 4.67. The van der Waals surface area contributed by atoms with E-state index in [1.807, 2.05) is 39.8 Å². The maximum Gasteiger partial charge on any atom is 0.229 e. The van der Waals surface area contributed by atoms with Gasteiger partial charge >= 0.3 is 0 Å². The van der Waals surface area contributed by atoms with Crippen molar-refractivity contribution in [2.75, 3.05) is 19.7 Å². The standard InChI is InChI=1S/C21H30N4O3/c1-14(2)26-12-9-17-5-6-19(16(4)25-17)28-21-15(3)20(23-13-24-21)27-18-7-10-22-11-8-18/h5-6,13-14,18,22H,7-12H2,1-4H3. The number of aromatic nitrogens is 3. The molecule has 28 heavy (non-hydrogen) atoms. The average Bonchev–Trinajstić information content (AvgIpc) is 2.67. The lowest BCUT2D eigenvalue weighted by Gasteiger charge is -2.24. The van der Waals surface area contributed by atoms with Crippen LogP contribution in [0.2, 0.25) is 0 Å². The van der Waals surface area contributed by atoms with Gasteiger partial charge in [0.2, 0.25) is 11.8 Å². The summed E-state index contributed by atoms with van der Waals surface area (Å²) in [7, 11) is 0. The van der Waals surface area contributed by atoms with Crippen molar-refractivity contribution >= 4 is 0 Å². The molecule has 1 aliphatic rings. The maximum absolute atomic E-state index is 6.08. The summed E-state index contributed by atoms with van der Waals surface area (Å²) >= 11 is 0. The summed E-state index contributed by atoms with van der Waals surface area (Å²) in [4.78, 5) is 13.2. The molecule has 0 atom stereocenters. The second-order valence-corrected chi connectivity index (χ2v) is 7.33. The molecule has 1 fully saturated rings. The van der Waals surface area contributed by atoms with Gasteiger partial charge in [0, 0.05) is 12.1 Å². The highest BCUT2D eigenvalue weighted by Crippen LogP contribution is 2.30. The summed E-state index contributed by atoms with van der Waals surface area (Å²) in [6, 6.07) is 3.90. The molecule has 0 unspecified atom stereocenters. The highest BCUT2D eigenvalue weighted by molar-refractivity contribution is 5.38. The number of piperidine rings is 1. The summed E-state index contributed by atoms with van der Waals surface area (Å²) in [5.74, 6) is 1.77. The van der Waals surface area contributed by atoms with Crippen LogP contribution < -0.4 is 14.8 Å². The topological polar surface area (TPSA) is 78.4 Å². The first kappa shape index (κ1) is 20.5. The average molecular weight is 386 g/mol. The molecule has 0 aliphatic carbocycles. The highest BCUT2D eigenvalue weighted by Gasteiger charge is 2.18. The van der Waals surface area contributed by atoms with Crippen LogP contribution in [-0.4, -0.2) is 46.9 Å². The molecule has 0 spiro atoms. The van der Waals surface area contributed by atoms with Crippen molar-refractivity contribution in [3.8, 4) is 17.5 Å². The molecule has 3 rings (SSSR count).